The van der Waals surface area contributed by atoms with Crippen molar-refractivity contribution in [1.82, 2.24) is 19.6 Å². The molecule has 4 rings (SSSR count). The maximum absolute atomic E-state index is 13.4. The Morgan fingerprint density at radius 1 is 1.19 bits per heavy atom. The minimum atomic E-state index is -0.874. The number of likely N-dealkylation sites (tertiary alicyclic amines) is 1. The zero-order chi connectivity index (χ0) is 25.5. The number of aryl methyl sites for hydroxylation is 1. The maximum Gasteiger partial charge on any atom is 0.308 e. The average Bonchev–Trinajstić information content (AvgIpc) is 3.62. The number of aromatic nitrogens is 2. The van der Waals surface area contributed by atoms with Crippen molar-refractivity contribution in [3.63, 3.8) is 0 Å². The molecule has 2 aliphatic rings. The summed E-state index contributed by atoms with van der Waals surface area (Å²) in [6.45, 7) is 4.54. The highest BCUT2D eigenvalue weighted by Crippen LogP contribution is 2.42. The van der Waals surface area contributed by atoms with E-state index in [-0.39, 0.29) is 37.8 Å². The van der Waals surface area contributed by atoms with E-state index in [1.54, 1.807) is 15.8 Å². The fraction of sp³-hybridized carbons (Fsp3) is 0.577. The van der Waals surface area contributed by atoms with Gasteiger partial charge in [-0.1, -0.05) is 19.4 Å². The predicted molar refractivity (Wildman–Crippen MR) is 132 cm³/mol. The van der Waals surface area contributed by atoms with Crippen LogP contribution in [-0.4, -0.2) is 87.3 Å². The Kier molecular flexibility index (Phi) is 8.82. The summed E-state index contributed by atoms with van der Waals surface area (Å²) in [6.07, 6.45) is 6.49. The van der Waals surface area contributed by atoms with E-state index in [1.807, 2.05) is 35.4 Å². The number of aliphatic hydroxyl groups is 1. The first-order chi connectivity index (χ1) is 17.5. The van der Waals surface area contributed by atoms with E-state index in [9.17, 15) is 19.8 Å². The van der Waals surface area contributed by atoms with Gasteiger partial charge in [-0.15, -0.1) is 0 Å². The molecule has 0 bridgehead atoms. The van der Waals surface area contributed by atoms with Gasteiger partial charge in [0.1, 0.15) is 0 Å². The molecule has 0 radical (unpaired) electrons. The van der Waals surface area contributed by atoms with Crippen LogP contribution in [-0.2, 0) is 16.1 Å². The molecular weight excluding hydrogens is 464 g/mol. The van der Waals surface area contributed by atoms with Gasteiger partial charge in [0.05, 0.1) is 12.5 Å². The van der Waals surface area contributed by atoms with Crippen LogP contribution in [0.2, 0.25) is 0 Å². The highest BCUT2D eigenvalue weighted by molar-refractivity contribution is 5.79. The Bertz CT molecular complexity index is 1010. The summed E-state index contributed by atoms with van der Waals surface area (Å²) in [7, 11) is 0. The van der Waals surface area contributed by atoms with E-state index in [0.29, 0.717) is 50.5 Å². The number of aliphatic carboxylic acids is 1. The number of hydrogen-bond acceptors (Lipinski definition) is 7. The quantitative estimate of drug-likeness (QED) is 0.430. The number of carboxylic acid groups (broad SMARTS) is 1. The lowest BCUT2D eigenvalue weighted by molar-refractivity contribution is -0.144. The number of carbonyl (C=O) groups excluding carboxylic acids is 1. The van der Waals surface area contributed by atoms with Crippen LogP contribution in [0.15, 0.2) is 36.7 Å². The molecule has 10 heteroatoms. The summed E-state index contributed by atoms with van der Waals surface area (Å²) in [4.78, 5) is 29.8. The van der Waals surface area contributed by atoms with Gasteiger partial charge in [-0.2, -0.15) is 5.10 Å². The van der Waals surface area contributed by atoms with E-state index in [2.05, 4.69) is 12.0 Å². The highest BCUT2D eigenvalue weighted by Gasteiger charge is 2.47. The monoisotopic (exact) mass is 500 g/mol. The third kappa shape index (κ3) is 5.99. The first-order valence-corrected chi connectivity index (χ1v) is 12.7. The molecule has 196 valence electrons. The van der Waals surface area contributed by atoms with Gasteiger partial charge in [-0.05, 0) is 43.0 Å². The number of unbranched alkanes of at least 4 members (excludes halogenated alkanes) is 1. The number of carbonyl (C=O) groups is 2. The second-order valence-electron chi connectivity index (χ2n) is 9.45. The normalized spacial score (nSPS) is 21.1. The minimum Gasteiger partial charge on any atom is -0.481 e. The number of benzene rings is 1. The van der Waals surface area contributed by atoms with Crippen LogP contribution in [0.4, 0.5) is 0 Å². The number of hydrogen-bond donors (Lipinski definition) is 2. The fourth-order valence-corrected chi connectivity index (χ4v) is 5.28. The minimum absolute atomic E-state index is 0.0272. The molecule has 2 aromatic rings. The number of aliphatic hydroxyl groups excluding tert-OH is 1. The molecule has 3 unspecified atom stereocenters. The molecule has 0 saturated carbocycles. The van der Waals surface area contributed by atoms with Crippen LogP contribution in [0.5, 0.6) is 11.5 Å². The maximum atomic E-state index is 13.4. The van der Waals surface area contributed by atoms with Gasteiger partial charge in [0.25, 0.3) is 0 Å². The Morgan fingerprint density at radius 2 is 2.00 bits per heavy atom. The molecule has 0 aliphatic carbocycles. The van der Waals surface area contributed by atoms with Crippen molar-refractivity contribution >= 4 is 11.9 Å². The van der Waals surface area contributed by atoms with Crippen LogP contribution in [0.25, 0.3) is 0 Å². The zero-order valence-electron chi connectivity index (χ0n) is 20.8. The Morgan fingerprint density at radius 3 is 2.72 bits per heavy atom. The molecule has 1 amide bonds. The summed E-state index contributed by atoms with van der Waals surface area (Å²) in [6, 6.07) is 7.10. The van der Waals surface area contributed by atoms with Gasteiger partial charge >= 0.3 is 5.97 Å². The van der Waals surface area contributed by atoms with Crippen LogP contribution < -0.4 is 9.47 Å². The van der Waals surface area contributed by atoms with Gasteiger partial charge in [0.15, 0.2) is 11.5 Å². The molecular formula is C26H36N4O6. The summed E-state index contributed by atoms with van der Waals surface area (Å²) in [5.41, 5.74) is 0.869. The molecule has 1 fully saturated rings. The van der Waals surface area contributed by atoms with Gasteiger partial charge in [-0.25, -0.2) is 0 Å². The Labute approximate surface area is 211 Å². The van der Waals surface area contributed by atoms with Crippen molar-refractivity contribution in [2.75, 3.05) is 39.6 Å². The summed E-state index contributed by atoms with van der Waals surface area (Å²) in [5, 5.41) is 23.9. The number of amides is 1. The van der Waals surface area contributed by atoms with Crippen LogP contribution in [0.3, 0.4) is 0 Å². The molecule has 0 spiro atoms. The van der Waals surface area contributed by atoms with E-state index >= 15 is 0 Å². The van der Waals surface area contributed by atoms with Gasteiger partial charge in [0, 0.05) is 57.1 Å². The van der Waals surface area contributed by atoms with E-state index in [0.717, 1.165) is 18.4 Å². The van der Waals surface area contributed by atoms with E-state index in [1.165, 1.54) is 0 Å². The number of rotatable bonds is 13. The molecule has 2 aliphatic heterocycles. The van der Waals surface area contributed by atoms with E-state index < -0.39 is 11.9 Å². The van der Waals surface area contributed by atoms with Crippen molar-refractivity contribution in [2.45, 2.75) is 51.1 Å². The SMILES string of the molecule is CCCCN(CCCO)C(=O)CN1CC(c2ccc3c(c2)OCO3)C(C(=O)O)C1CCn1cccn1. The van der Waals surface area contributed by atoms with Crippen LogP contribution >= 0.6 is 0 Å². The lowest BCUT2D eigenvalue weighted by atomic mass is 9.84. The van der Waals surface area contributed by atoms with Crippen LogP contribution in [0, 0.1) is 5.92 Å². The van der Waals surface area contributed by atoms with Crippen molar-refractivity contribution in [3.05, 3.63) is 42.2 Å². The second-order valence-corrected chi connectivity index (χ2v) is 9.45. The number of ether oxygens (including phenoxy) is 2. The number of nitrogens with zero attached hydrogens (tertiary/aromatic N) is 4. The van der Waals surface area contributed by atoms with Gasteiger partial charge in [-0.3, -0.25) is 19.2 Å². The third-order valence-electron chi connectivity index (χ3n) is 7.13. The number of carboxylic acids is 1. The highest BCUT2D eigenvalue weighted by atomic mass is 16.7. The molecule has 10 nitrogen and oxygen atoms in total. The third-order valence-corrected chi connectivity index (χ3v) is 7.13. The first-order valence-electron chi connectivity index (χ1n) is 12.7. The Hall–Kier alpha value is -3.11. The fourth-order valence-electron chi connectivity index (χ4n) is 5.28. The standard InChI is InChI=1S/C26H36N4O6/c1-2-3-10-28(11-5-14-31)24(32)17-29-16-20(19-6-7-22-23(15-19)36-18-35-22)25(26(33)34)21(29)8-13-30-12-4-9-27-30/h4,6-7,9,12,15,20-21,25,31H,2-3,5,8,10-11,13-14,16-18H2,1H3,(H,33,34). The van der Waals surface area contributed by atoms with Gasteiger partial charge in [0.2, 0.25) is 12.7 Å². The molecule has 2 N–H and O–H groups in total. The predicted octanol–water partition coefficient (Wildman–Crippen LogP) is 2.18. The van der Waals surface area contributed by atoms with Crippen molar-refractivity contribution in [1.29, 1.82) is 0 Å². The lowest BCUT2D eigenvalue weighted by Gasteiger charge is -2.29. The zero-order valence-corrected chi connectivity index (χ0v) is 20.8. The molecule has 3 atom stereocenters. The number of fused-ring (bicyclic) bond motifs is 1. The second kappa shape index (κ2) is 12.2. The van der Waals surface area contributed by atoms with Gasteiger partial charge < -0.3 is 24.6 Å². The largest absolute Gasteiger partial charge is 0.481 e. The summed E-state index contributed by atoms with van der Waals surface area (Å²) < 4.78 is 12.8. The smallest absolute Gasteiger partial charge is 0.308 e. The van der Waals surface area contributed by atoms with Crippen molar-refractivity contribution in [2.24, 2.45) is 5.92 Å². The molecule has 36 heavy (non-hydrogen) atoms. The van der Waals surface area contributed by atoms with Crippen molar-refractivity contribution in [3.8, 4) is 11.5 Å². The first kappa shape index (κ1) is 26.0. The lowest BCUT2D eigenvalue weighted by Crippen LogP contribution is -2.45. The molecule has 1 aromatic heterocycles. The Balaban J connectivity index is 1.58. The topological polar surface area (TPSA) is 117 Å². The molecule has 1 saturated heterocycles. The van der Waals surface area contributed by atoms with E-state index in [4.69, 9.17) is 9.47 Å². The summed E-state index contributed by atoms with van der Waals surface area (Å²) >= 11 is 0. The molecule has 3 heterocycles. The average molecular weight is 501 g/mol. The molecule has 1 aromatic carbocycles. The van der Waals surface area contributed by atoms with Crippen LogP contribution in [0.1, 0.15) is 44.1 Å². The van der Waals surface area contributed by atoms with Crippen molar-refractivity contribution < 1.29 is 29.3 Å². The summed E-state index contributed by atoms with van der Waals surface area (Å²) in [5.74, 6) is -0.614.